The van der Waals surface area contributed by atoms with E-state index >= 15 is 0 Å². The predicted octanol–water partition coefficient (Wildman–Crippen LogP) is 4.47. The molecule has 0 amide bonds. The highest BCUT2D eigenvalue weighted by Gasteiger charge is 2.33. The van der Waals surface area contributed by atoms with Crippen LogP contribution in [-0.2, 0) is 9.53 Å². The Labute approximate surface area is 258 Å². The van der Waals surface area contributed by atoms with Gasteiger partial charge in [-0.25, -0.2) is 14.8 Å². The molecule has 0 bridgehead atoms. The molecule has 14 heteroatoms. The lowest BCUT2D eigenvalue weighted by molar-refractivity contribution is -0.139. The second-order valence-electron chi connectivity index (χ2n) is 8.77. The number of fused-ring (bicyclic) bond motifs is 1. The number of aromatic nitrogens is 3. The Morgan fingerprint density at radius 3 is 2.68 bits per heavy atom. The zero-order valence-electron chi connectivity index (χ0n) is 22.1. The number of H-pyrrole nitrogens is 1. The van der Waals surface area contributed by atoms with Crippen LogP contribution in [0.2, 0.25) is 0 Å². The summed E-state index contributed by atoms with van der Waals surface area (Å²) in [5.74, 6) is 0.477. The first-order chi connectivity index (χ1) is 19.6. The number of nitrogens with zero attached hydrogens (tertiary/aromatic N) is 3. The topological polar surface area (TPSA) is 129 Å². The van der Waals surface area contributed by atoms with Gasteiger partial charge in [0.25, 0.3) is 11.1 Å². The van der Waals surface area contributed by atoms with Crippen LogP contribution >= 0.6 is 55.0 Å². The number of benzene rings is 1. The molecule has 1 aliphatic rings. The van der Waals surface area contributed by atoms with Crippen LogP contribution in [0.15, 0.2) is 79.8 Å². The standard InChI is InChI=1S/C27H22Br2N4O6S2/c1-5-38-24(36)21-13(3)31-27-33(22(21)14-6-7-18(37-4)16(28)9-14)23(35)19(40-27)11-15-10-17(29)25(39-15)41-26-30-12(2)8-20(34)32-26/h6-11,22H,5H2,1-4H3,(H,30,32,34)/b19-11+/t22-/m0/s1. The van der Waals surface area contributed by atoms with E-state index in [2.05, 4.69) is 46.8 Å². The molecule has 3 aromatic heterocycles. The van der Waals surface area contributed by atoms with Crippen molar-refractivity contribution < 1.29 is 18.7 Å². The quantitative estimate of drug-likeness (QED) is 0.219. The number of hydrogen-bond acceptors (Lipinski definition) is 10. The molecule has 0 saturated heterocycles. The third kappa shape index (κ3) is 5.92. The van der Waals surface area contributed by atoms with Gasteiger partial charge in [-0.05, 0) is 88.2 Å². The molecule has 0 fully saturated rings. The molecule has 41 heavy (non-hydrogen) atoms. The molecular weight excluding hydrogens is 700 g/mol. The Bertz CT molecular complexity index is 1960. The van der Waals surface area contributed by atoms with Crippen LogP contribution in [0, 0.1) is 6.92 Å². The van der Waals surface area contributed by atoms with Crippen molar-refractivity contribution in [3.05, 3.63) is 97.6 Å². The van der Waals surface area contributed by atoms with Gasteiger partial charge in [-0.3, -0.25) is 14.2 Å². The summed E-state index contributed by atoms with van der Waals surface area (Å²) in [6.45, 7) is 5.36. The van der Waals surface area contributed by atoms with Crippen LogP contribution in [0.5, 0.6) is 5.75 Å². The third-order valence-electron chi connectivity index (χ3n) is 5.99. The molecule has 1 aliphatic heterocycles. The summed E-state index contributed by atoms with van der Waals surface area (Å²) in [6.07, 6.45) is 1.62. The van der Waals surface area contributed by atoms with Crippen molar-refractivity contribution in [2.45, 2.75) is 37.1 Å². The number of allylic oxidation sites excluding steroid dienone is 1. The van der Waals surface area contributed by atoms with E-state index in [0.717, 1.165) is 11.8 Å². The molecule has 1 atom stereocenters. The Balaban J connectivity index is 1.61. The molecule has 10 nitrogen and oxygen atoms in total. The number of esters is 1. The van der Waals surface area contributed by atoms with Crippen molar-refractivity contribution in [3.8, 4) is 5.75 Å². The van der Waals surface area contributed by atoms with Gasteiger partial charge in [0.2, 0.25) is 0 Å². The zero-order chi connectivity index (χ0) is 29.4. The Morgan fingerprint density at radius 1 is 1.22 bits per heavy atom. The average molecular weight is 722 g/mol. The number of ether oxygens (including phenoxy) is 2. The van der Waals surface area contributed by atoms with E-state index in [4.69, 9.17) is 13.9 Å². The van der Waals surface area contributed by atoms with Crippen molar-refractivity contribution in [3.63, 3.8) is 0 Å². The number of nitrogens with one attached hydrogen (secondary N) is 1. The Morgan fingerprint density at radius 2 is 2.00 bits per heavy atom. The molecule has 0 unspecified atom stereocenters. The molecule has 212 valence electrons. The fourth-order valence-corrected chi connectivity index (χ4v) is 7.23. The van der Waals surface area contributed by atoms with Gasteiger partial charge in [0.1, 0.15) is 11.5 Å². The first-order valence-corrected chi connectivity index (χ1v) is 15.4. The van der Waals surface area contributed by atoms with Gasteiger partial charge >= 0.3 is 5.97 Å². The van der Waals surface area contributed by atoms with E-state index in [1.54, 1.807) is 52.2 Å². The molecule has 0 spiro atoms. The lowest BCUT2D eigenvalue weighted by Gasteiger charge is -2.25. The van der Waals surface area contributed by atoms with Crippen molar-refractivity contribution in [2.75, 3.05) is 13.7 Å². The number of methoxy groups -OCH3 is 1. The summed E-state index contributed by atoms with van der Waals surface area (Å²) in [7, 11) is 1.56. The zero-order valence-corrected chi connectivity index (χ0v) is 26.9. The van der Waals surface area contributed by atoms with E-state index in [-0.39, 0.29) is 23.3 Å². The highest BCUT2D eigenvalue weighted by Crippen LogP contribution is 2.36. The number of aromatic amines is 1. The number of hydrogen-bond donors (Lipinski definition) is 1. The number of thiazole rings is 1. The van der Waals surface area contributed by atoms with Crippen molar-refractivity contribution in [2.24, 2.45) is 4.99 Å². The molecule has 0 aliphatic carbocycles. The largest absolute Gasteiger partial charge is 0.496 e. The number of rotatable bonds is 7. The van der Waals surface area contributed by atoms with E-state index in [1.807, 2.05) is 6.07 Å². The minimum absolute atomic E-state index is 0.179. The normalized spacial score (nSPS) is 15.1. The summed E-state index contributed by atoms with van der Waals surface area (Å²) in [6, 6.07) is 7.74. The van der Waals surface area contributed by atoms with E-state index in [0.29, 0.717) is 57.0 Å². The Hall–Kier alpha value is -3.20. The Kier molecular flexibility index (Phi) is 8.55. The molecular formula is C27H22Br2N4O6S2. The van der Waals surface area contributed by atoms with Gasteiger partial charge in [-0.15, -0.1) is 0 Å². The lowest BCUT2D eigenvalue weighted by atomic mass is 9.96. The first kappa shape index (κ1) is 29.3. The summed E-state index contributed by atoms with van der Waals surface area (Å²) in [5.41, 5.74) is 1.40. The monoisotopic (exact) mass is 720 g/mol. The maximum atomic E-state index is 13.9. The highest BCUT2D eigenvalue weighted by atomic mass is 79.9. The van der Waals surface area contributed by atoms with Crippen LogP contribution in [0.4, 0.5) is 0 Å². The molecule has 4 heterocycles. The smallest absolute Gasteiger partial charge is 0.338 e. The predicted molar refractivity (Wildman–Crippen MR) is 161 cm³/mol. The van der Waals surface area contributed by atoms with E-state index < -0.39 is 12.0 Å². The highest BCUT2D eigenvalue weighted by molar-refractivity contribution is 9.10. The molecule has 0 radical (unpaired) electrons. The molecule has 1 N–H and O–H groups in total. The van der Waals surface area contributed by atoms with Crippen LogP contribution in [0.1, 0.15) is 36.9 Å². The summed E-state index contributed by atoms with van der Waals surface area (Å²) in [5, 5.41) is 0.836. The van der Waals surface area contributed by atoms with Gasteiger partial charge in [-0.2, -0.15) is 0 Å². The molecule has 5 rings (SSSR count). The average Bonchev–Trinajstić information content (AvgIpc) is 3.40. The van der Waals surface area contributed by atoms with Gasteiger partial charge in [0.15, 0.2) is 15.1 Å². The van der Waals surface area contributed by atoms with Gasteiger partial charge < -0.3 is 18.9 Å². The van der Waals surface area contributed by atoms with E-state index in [1.165, 1.54) is 22.0 Å². The minimum Gasteiger partial charge on any atom is -0.496 e. The van der Waals surface area contributed by atoms with Crippen LogP contribution in [0.3, 0.4) is 0 Å². The number of carbonyl (C=O) groups is 1. The van der Waals surface area contributed by atoms with Gasteiger partial charge in [0, 0.05) is 17.8 Å². The number of furan rings is 1. The maximum Gasteiger partial charge on any atom is 0.338 e. The number of carbonyl (C=O) groups excluding carboxylic acids is 1. The minimum atomic E-state index is -0.770. The van der Waals surface area contributed by atoms with Crippen molar-refractivity contribution >= 4 is 67.0 Å². The number of halogens is 2. The third-order valence-corrected chi connectivity index (χ3v) is 9.32. The SMILES string of the molecule is CCOC(=O)C1=C(C)N=c2s/c(=C/c3cc(Br)c(Sc4nc(C)cc(=O)[nH]4)o3)c(=O)n2[C@H]1c1ccc(OC)c(Br)c1. The lowest BCUT2D eigenvalue weighted by Crippen LogP contribution is -2.39. The van der Waals surface area contributed by atoms with Gasteiger partial charge in [0.05, 0.1) is 44.5 Å². The van der Waals surface area contributed by atoms with Crippen LogP contribution in [-0.4, -0.2) is 34.2 Å². The fourth-order valence-electron chi connectivity index (χ4n) is 4.29. The maximum absolute atomic E-state index is 13.9. The van der Waals surface area contributed by atoms with Crippen LogP contribution < -0.4 is 25.2 Å². The fraction of sp³-hybridized carbons (Fsp3) is 0.222. The second kappa shape index (κ2) is 12.0. The van der Waals surface area contributed by atoms with Crippen LogP contribution in [0.25, 0.3) is 6.08 Å². The van der Waals surface area contributed by atoms with Crippen molar-refractivity contribution in [1.82, 2.24) is 14.5 Å². The molecule has 1 aromatic carbocycles. The van der Waals surface area contributed by atoms with E-state index in [9.17, 15) is 14.4 Å². The molecule has 0 saturated carbocycles. The first-order valence-electron chi connectivity index (χ1n) is 12.2. The summed E-state index contributed by atoms with van der Waals surface area (Å²) < 4.78 is 19.9. The summed E-state index contributed by atoms with van der Waals surface area (Å²) >= 11 is 9.32. The number of aryl methyl sites for hydroxylation is 1. The van der Waals surface area contributed by atoms with Gasteiger partial charge in [-0.1, -0.05) is 17.4 Å². The van der Waals surface area contributed by atoms with Crippen molar-refractivity contribution in [1.29, 1.82) is 0 Å². The molecule has 4 aromatic rings. The summed E-state index contributed by atoms with van der Waals surface area (Å²) in [4.78, 5) is 50.8. The second-order valence-corrected chi connectivity index (χ2v) is 12.5.